The number of hydrogen-bond donors (Lipinski definition) is 2. The fraction of sp³-hybridized carbons (Fsp3) is 0.333. The molecule has 5 nitrogen and oxygen atoms in total. The number of nitrogens with two attached hydrogens (primary N) is 1. The number of nitrogen functional groups attached to an aromatic ring is 1. The molecular formula is C12H14N4O. The van der Waals surface area contributed by atoms with Crippen molar-refractivity contribution in [3.8, 4) is 6.07 Å². The average Bonchev–Trinajstić information content (AvgIpc) is 2.67. The number of amides is 1. The van der Waals surface area contributed by atoms with Crippen LogP contribution >= 0.6 is 0 Å². The van der Waals surface area contributed by atoms with E-state index in [4.69, 9.17) is 11.0 Å². The van der Waals surface area contributed by atoms with Gasteiger partial charge in [0.1, 0.15) is 6.54 Å². The zero-order valence-corrected chi connectivity index (χ0v) is 9.44. The van der Waals surface area contributed by atoms with E-state index in [1.165, 1.54) is 11.1 Å². The number of fused-ring (bicyclic) bond motifs is 1. The Bertz CT molecular complexity index is 478. The van der Waals surface area contributed by atoms with Gasteiger partial charge in [-0.15, -0.1) is 0 Å². The number of carbonyl (C=O) groups is 1. The lowest BCUT2D eigenvalue weighted by molar-refractivity contribution is -0.122. The number of anilines is 1. The average molecular weight is 230 g/mol. The van der Waals surface area contributed by atoms with E-state index in [1.807, 2.05) is 29.2 Å². The third-order valence-corrected chi connectivity index (χ3v) is 2.75. The van der Waals surface area contributed by atoms with E-state index in [2.05, 4.69) is 5.32 Å². The Labute approximate surface area is 99.8 Å². The second-order valence-corrected chi connectivity index (χ2v) is 4.11. The van der Waals surface area contributed by atoms with Crippen LogP contribution < -0.4 is 11.1 Å². The maximum atomic E-state index is 11.4. The molecule has 1 aromatic carbocycles. The number of benzene rings is 1. The summed E-state index contributed by atoms with van der Waals surface area (Å²) in [6.07, 6.45) is 0. The molecule has 1 amide bonds. The van der Waals surface area contributed by atoms with Gasteiger partial charge in [-0.2, -0.15) is 5.26 Å². The minimum Gasteiger partial charge on any atom is -0.399 e. The number of carbonyl (C=O) groups excluding carboxylic acids is 1. The predicted octanol–water partition coefficient (Wildman–Crippen LogP) is 0.224. The lowest BCUT2D eigenvalue weighted by Gasteiger charge is -2.13. The van der Waals surface area contributed by atoms with Crippen LogP contribution in [0.5, 0.6) is 0 Å². The van der Waals surface area contributed by atoms with E-state index < -0.39 is 0 Å². The van der Waals surface area contributed by atoms with Crippen molar-refractivity contribution in [2.24, 2.45) is 0 Å². The van der Waals surface area contributed by atoms with Gasteiger partial charge >= 0.3 is 0 Å². The highest BCUT2D eigenvalue weighted by Gasteiger charge is 2.20. The summed E-state index contributed by atoms with van der Waals surface area (Å²) in [4.78, 5) is 13.5. The fourth-order valence-electron chi connectivity index (χ4n) is 1.99. The van der Waals surface area contributed by atoms with Crippen molar-refractivity contribution in [3.63, 3.8) is 0 Å². The molecule has 0 aromatic heterocycles. The van der Waals surface area contributed by atoms with E-state index in [9.17, 15) is 4.79 Å². The maximum Gasteiger partial charge on any atom is 0.235 e. The largest absolute Gasteiger partial charge is 0.399 e. The number of nitriles is 1. The van der Waals surface area contributed by atoms with Gasteiger partial charge in [-0.05, 0) is 23.3 Å². The molecule has 0 aliphatic carbocycles. The topological polar surface area (TPSA) is 82.2 Å². The van der Waals surface area contributed by atoms with Crippen molar-refractivity contribution >= 4 is 11.6 Å². The van der Waals surface area contributed by atoms with Gasteiger partial charge in [0.2, 0.25) is 5.91 Å². The molecule has 0 fully saturated rings. The van der Waals surface area contributed by atoms with Crippen LogP contribution in [0.1, 0.15) is 11.1 Å². The molecule has 3 N–H and O–H groups in total. The molecule has 0 bridgehead atoms. The van der Waals surface area contributed by atoms with Gasteiger partial charge in [-0.25, -0.2) is 0 Å². The summed E-state index contributed by atoms with van der Waals surface area (Å²) in [5.74, 6) is -0.118. The molecule has 17 heavy (non-hydrogen) atoms. The van der Waals surface area contributed by atoms with E-state index in [0.717, 1.165) is 18.8 Å². The molecular weight excluding hydrogens is 216 g/mol. The standard InChI is InChI=1S/C12H14N4O/c13-3-4-15-12(17)8-16-6-9-1-2-11(14)5-10(9)7-16/h1-2,5H,4,6-8,14H2,(H,15,17). The summed E-state index contributed by atoms with van der Waals surface area (Å²) < 4.78 is 0. The van der Waals surface area contributed by atoms with Crippen LogP contribution in [0.15, 0.2) is 18.2 Å². The predicted molar refractivity (Wildman–Crippen MR) is 63.6 cm³/mol. The first kappa shape index (κ1) is 11.4. The molecule has 0 spiro atoms. The molecule has 88 valence electrons. The first-order valence-electron chi connectivity index (χ1n) is 5.42. The third-order valence-electron chi connectivity index (χ3n) is 2.75. The van der Waals surface area contributed by atoms with Gasteiger partial charge in [-0.1, -0.05) is 6.07 Å². The summed E-state index contributed by atoms with van der Waals surface area (Å²) >= 11 is 0. The second-order valence-electron chi connectivity index (χ2n) is 4.11. The van der Waals surface area contributed by atoms with Gasteiger partial charge < -0.3 is 11.1 Å². The van der Waals surface area contributed by atoms with Crippen LogP contribution in [0.2, 0.25) is 0 Å². The third kappa shape index (κ3) is 2.74. The Morgan fingerprint density at radius 2 is 2.24 bits per heavy atom. The monoisotopic (exact) mass is 230 g/mol. The molecule has 5 heteroatoms. The van der Waals surface area contributed by atoms with Crippen LogP contribution in [-0.4, -0.2) is 23.9 Å². The molecule has 0 atom stereocenters. The molecule has 0 radical (unpaired) electrons. The highest BCUT2D eigenvalue weighted by atomic mass is 16.2. The highest BCUT2D eigenvalue weighted by molar-refractivity contribution is 5.78. The molecule has 1 aliphatic rings. The zero-order chi connectivity index (χ0) is 12.3. The fourth-order valence-corrected chi connectivity index (χ4v) is 1.99. The van der Waals surface area contributed by atoms with E-state index >= 15 is 0 Å². The van der Waals surface area contributed by atoms with E-state index in [-0.39, 0.29) is 12.5 Å². The minimum atomic E-state index is -0.118. The lowest BCUT2D eigenvalue weighted by atomic mass is 10.1. The van der Waals surface area contributed by atoms with Crippen LogP contribution in [0.3, 0.4) is 0 Å². The van der Waals surface area contributed by atoms with Crippen molar-refractivity contribution < 1.29 is 4.79 Å². The molecule has 1 aromatic rings. The Balaban J connectivity index is 1.92. The number of nitrogens with zero attached hydrogens (tertiary/aromatic N) is 2. The number of nitrogens with one attached hydrogen (secondary N) is 1. The van der Waals surface area contributed by atoms with Crippen molar-refractivity contribution in [1.29, 1.82) is 5.26 Å². The maximum absolute atomic E-state index is 11.4. The second kappa shape index (κ2) is 4.85. The van der Waals surface area contributed by atoms with Crippen LogP contribution in [-0.2, 0) is 17.9 Å². The van der Waals surface area contributed by atoms with Gasteiger partial charge in [0, 0.05) is 18.8 Å². The summed E-state index contributed by atoms with van der Waals surface area (Å²) in [6.45, 7) is 1.87. The molecule has 0 unspecified atom stereocenters. The molecule has 0 saturated heterocycles. The Hall–Kier alpha value is -2.06. The lowest BCUT2D eigenvalue weighted by Crippen LogP contribution is -2.34. The smallest absolute Gasteiger partial charge is 0.235 e. The van der Waals surface area contributed by atoms with Crippen LogP contribution in [0.4, 0.5) is 5.69 Å². The molecule has 0 saturated carbocycles. The van der Waals surface area contributed by atoms with Crippen LogP contribution in [0, 0.1) is 11.3 Å². The van der Waals surface area contributed by atoms with Gasteiger partial charge in [0.15, 0.2) is 0 Å². The Morgan fingerprint density at radius 1 is 1.47 bits per heavy atom. The summed E-state index contributed by atoms with van der Waals surface area (Å²) in [6, 6.07) is 7.70. The van der Waals surface area contributed by atoms with Crippen molar-refractivity contribution in [2.45, 2.75) is 13.1 Å². The van der Waals surface area contributed by atoms with Gasteiger partial charge in [-0.3, -0.25) is 9.69 Å². The number of hydrogen-bond acceptors (Lipinski definition) is 4. The Morgan fingerprint density at radius 3 is 3.00 bits per heavy atom. The van der Waals surface area contributed by atoms with Gasteiger partial charge in [0.25, 0.3) is 0 Å². The van der Waals surface area contributed by atoms with Crippen molar-refractivity contribution in [1.82, 2.24) is 10.2 Å². The summed E-state index contributed by atoms with van der Waals surface area (Å²) in [5.41, 5.74) is 8.85. The van der Waals surface area contributed by atoms with Gasteiger partial charge in [0.05, 0.1) is 12.6 Å². The van der Waals surface area contributed by atoms with Crippen molar-refractivity contribution in [2.75, 3.05) is 18.8 Å². The quantitative estimate of drug-likeness (QED) is 0.575. The van der Waals surface area contributed by atoms with E-state index in [0.29, 0.717) is 6.54 Å². The first-order valence-corrected chi connectivity index (χ1v) is 5.42. The Kier molecular flexibility index (Phi) is 3.26. The number of rotatable bonds is 3. The molecule has 2 rings (SSSR count). The first-order chi connectivity index (χ1) is 8.19. The zero-order valence-electron chi connectivity index (χ0n) is 9.44. The van der Waals surface area contributed by atoms with Crippen molar-refractivity contribution in [3.05, 3.63) is 29.3 Å². The highest BCUT2D eigenvalue weighted by Crippen LogP contribution is 2.24. The van der Waals surface area contributed by atoms with E-state index in [1.54, 1.807) is 0 Å². The SMILES string of the molecule is N#CCNC(=O)CN1Cc2ccc(N)cc2C1. The van der Waals surface area contributed by atoms with Crippen LogP contribution in [0.25, 0.3) is 0 Å². The molecule has 1 aliphatic heterocycles. The minimum absolute atomic E-state index is 0.0621. The molecule has 1 heterocycles. The summed E-state index contributed by atoms with van der Waals surface area (Å²) in [5, 5.41) is 10.9. The summed E-state index contributed by atoms with van der Waals surface area (Å²) in [7, 11) is 0. The normalized spacial score (nSPS) is 14.1.